The van der Waals surface area contributed by atoms with Crippen molar-refractivity contribution in [1.29, 1.82) is 0 Å². The van der Waals surface area contributed by atoms with Crippen LogP contribution >= 0.6 is 0 Å². The molecule has 5 heterocycles. The van der Waals surface area contributed by atoms with Gasteiger partial charge in [0.05, 0.1) is 44.1 Å². The van der Waals surface area contributed by atoms with E-state index in [9.17, 15) is 0 Å². The van der Waals surface area contributed by atoms with Crippen molar-refractivity contribution in [3.05, 3.63) is 303 Å². The van der Waals surface area contributed by atoms with Gasteiger partial charge in [0.15, 0.2) is 0 Å². The lowest BCUT2D eigenvalue weighted by molar-refractivity contribution is 1.15. The van der Waals surface area contributed by atoms with Crippen LogP contribution in [0.15, 0.2) is 303 Å². The summed E-state index contributed by atoms with van der Waals surface area (Å²) in [5.41, 5.74) is 19.9. The van der Waals surface area contributed by atoms with Crippen molar-refractivity contribution in [2.24, 2.45) is 0 Å². The number of benzene rings is 13. The Morgan fingerprint density at radius 2 is 0.640 bits per heavy atom. The van der Waals surface area contributed by atoms with Gasteiger partial charge in [-0.1, -0.05) is 183 Å². The fourth-order valence-corrected chi connectivity index (χ4v) is 18.2. The van der Waals surface area contributed by atoms with Gasteiger partial charge >= 0.3 is 14.1 Å². The zero-order chi connectivity index (χ0) is 56.6. The van der Waals surface area contributed by atoms with Crippen LogP contribution in [0.4, 0.5) is 28.4 Å². The van der Waals surface area contributed by atoms with Gasteiger partial charge in [-0.05, 0) is 133 Å². The molecular formula is C79H53AlN6. The molecule has 0 saturated heterocycles. The maximum atomic E-state index is 2.54. The van der Waals surface area contributed by atoms with E-state index in [0.29, 0.717) is 0 Å². The van der Waals surface area contributed by atoms with E-state index < -0.39 is 14.1 Å². The topological polar surface area (TPSA) is 26.2 Å². The average molecular weight is 1110 g/mol. The van der Waals surface area contributed by atoms with Gasteiger partial charge in [-0.15, -0.1) is 0 Å². The molecule has 0 saturated carbocycles. The van der Waals surface area contributed by atoms with Crippen molar-refractivity contribution in [1.82, 2.24) is 18.3 Å². The van der Waals surface area contributed by atoms with Crippen LogP contribution in [0.25, 0.3) is 110 Å². The Bertz CT molecular complexity index is 5240. The maximum absolute atomic E-state index is 2.54. The number of nitrogens with zero attached hydrogens (tertiary/aromatic N) is 6. The van der Waals surface area contributed by atoms with Gasteiger partial charge in [-0.3, -0.25) is 0 Å². The molecule has 18 rings (SSSR count). The van der Waals surface area contributed by atoms with Crippen molar-refractivity contribution < 1.29 is 0 Å². The van der Waals surface area contributed by atoms with Crippen LogP contribution in [0.5, 0.6) is 0 Å². The van der Waals surface area contributed by atoms with Gasteiger partial charge in [0, 0.05) is 101 Å². The van der Waals surface area contributed by atoms with Gasteiger partial charge in [-0.25, -0.2) is 0 Å². The number of para-hydroxylation sites is 8. The highest BCUT2D eigenvalue weighted by Gasteiger charge is 2.40. The number of hydrogen-bond donors (Lipinski definition) is 0. The minimum absolute atomic E-state index is 1.11. The molecular weight excluding hydrogens is 1060 g/mol. The summed E-state index contributed by atoms with van der Waals surface area (Å²) in [7, 11) is 2.23. The second-order valence-corrected chi connectivity index (χ2v) is 25.6. The first-order valence-corrected chi connectivity index (χ1v) is 31.4. The summed E-state index contributed by atoms with van der Waals surface area (Å²) in [6.45, 7) is 0. The quantitative estimate of drug-likeness (QED) is 0.142. The molecule has 7 heteroatoms. The first kappa shape index (κ1) is 48.7. The zero-order valence-electron chi connectivity index (χ0n) is 47.1. The summed E-state index contributed by atoms with van der Waals surface area (Å²) in [4.78, 5) is 4.94. The normalized spacial score (nSPS) is 12.4. The lowest BCUT2D eigenvalue weighted by Crippen LogP contribution is -2.58. The molecule has 0 aliphatic carbocycles. The number of fused-ring (bicyclic) bond motifs is 14. The van der Waals surface area contributed by atoms with Crippen LogP contribution in [0.2, 0.25) is 0 Å². The number of anilines is 5. The van der Waals surface area contributed by atoms with E-state index in [0.717, 1.165) is 45.2 Å². The fourth-order valence-electron chi connectivity index (χ4n) is 14.7. The molecule has 402 valence electrons. The van der Waals surface area contributed by atoms with Gasteiger partial charge < -0.3 is 28.1 Å². The van der Waals surface area contributed by atoms with Crippen LogP contribution in [0.3, 0.4) is 0 Å². The van der Waals surface area contributed by atoms with Crippen molar-refractivity contribution in [3.8, 4) is 22.7 Å². The predicted octanol–water partition coefficient (Wildman–Crippen LogP) is 18.1. The van der Waals surface area contributed by atoms with E-state index in [1.165, 1.54) is 107 Å². The van der Waals surface area contributed by atoms with Crippen molar-refractivity contribution in [2.45, 2.75) is 0 Å². The summed E-state index contributed by atoms with van der Waals surface area (Å²) in [6, 6.07) is 113. The van der Waals surface area contributed by atoms with E-state index in [2.05, 4.69) is 338 Å². The van der Waals surface area contributed by atoms with Gasteiger partial charge in [0.25, 0.3) is 0 Å². The maximum Gasteiger partial charge on any atom is 0.393 e. The van der Waals surface area contributed by atoms with E-state index in [1.807, 2.05) is 0 Å². The number of rotatable bonds is 8. The third-order valence-corrected chi connectivity index (χ3v) is 21.7. The largest absolute Gasteiger partial charge is 0.393 e. The Kier molecular flexibility index (Phi) is 10.8. The smallest absolute Gasteiger partial charge is 0.346 e. The number of aromatic nitrogens is 4. The molecule has 0 spiro atoms. The second-order valence-electron chi connectivity index (χ2n) is 22.9. The van der Waals surface area contributed by atoms with Crippen molar-refractivity contribution >= 4 is 143 Å². The Morgan fingerprint density at radius 1 is 0.267 bits per heavy atom. The highest BCUT2D eigenvalue weighted by Crippen LogP contribution is 2.44. The Morgan fingerprint density at radius 3 is 1.10 bits per heavy atom. The molecule has 1 aliphatic rings. The summed E-state index contributed by atoms with van der Waals surface area (Å²) in [5.74, 6) is 0. The molecule has 0 atom stereocenters. The van der Waals surface area contributed by atoms with Crippen molar-refractivity contribution in [2.75, 3.05) is 16.8 Å². The molecule has 0 unspecified atom stereocenters. The Hall–Kier alpha value is -10.8. The first-order chi connectivity index (χ1) is 42.6. The predicted molar refractivity (Wildman–Crippen MR) is 364 cm³/mol. The summed E-state index contributed by atoms with van der Waals surface area (Å²) >= 11 is -2.32. The van der Waals surface area contributed by atoms with Crippen LogP contribution in [-0.2, 0) is 0 Å². The SMILES string of the molecule is CN(c1ccccc1)c1cccc2[c]1[Al]([c]1ccc(-n3c4ccccc4c4ccccc43)cc1)[c]1ccc(-n3c4ccc(-n5c6ccccc6c6ccccc65)cc4c4cc(-n5c6ccccc6c6ccccc65)ccc43)cc1N2c1ccccc1. The highest BCUT2D eigenvalue weighted by molar-refractivity contribution is 6.99. The van der Waals surface area contributed by atoms with Crippen LogP contribution in [0.1, 0.15) is 0 Å². The second kappa shape index (κ2) is 19.1. The van der Waals surface area contributed by atoms with E-state index >= 15 is 0 Å². The zero-order valence-corrected chi connectivity index (χ0v) is 48.3. The van der Waals surface area contributed by atoms with E-state index in [4.69, 9.17) is 0 Å². The Balaban J connectivity index is 0.881. The molecule has 86 heavy (non-hydrogen) atoms. The summed E-state index contributed by atoms with van der Waals surface area (Å²) < 4.78 is 14.0. The van der Waals surface area contributed by atoms with Crippen LogP contribution in [-0.4, -0.2) is 39.5 Å². The molecule has 1 aliphatic heterocycles. The molecule has 0 radical (unpaired) electrons. The van der Waals surface area contributed by atoms with Gasteiger partial charge in [0.1, 0.15) is 0 Å². The minimum Gasteiger partial charge on any atom is -0.346 e. The van der Waals surface area contributed by atoms with E-state index in [-0.39, 0.29) is 0 Å². The standard InChI is InChI=1S/C61H41N5.C18H12N.Al/c1-62(42-18-4-2-5-19-42)44-22-16-23-45(38-44)63(43-20-6-3-7-21-43)46-24-17-25-47(39-46)64-60-36-34-48(65-56-30-12-8-26-50(56)51-27-9-13-31-57(51)65)40-54(60)55-41-49(35-37-61(55)64)66-58-32-14-10-28-52(58)53-29-11-15-33-59(53)66;1-2-8-14(9-3-1)19-17-12-6-4-10-15(17)16-11-5-7-13-18(16)19;/h2-23,25-37,39-41H,1H3;2-13H;. The number of hydrogen-bond acceptors (Lipinski definition) is 2. The minimum atomic E-state index is -2.32. The Labute approximate surface area is 501 Å². The molecule has 0 N–H and O–H groups in total. The lowest BCUT2D eigenvalue weighted by atomic mass is 10.1. The molecule has 0 fully saturated rings. The molecule has 0 amide bonds. The van der Waals surface area contributed by atoms with E-state index in [1.54, 1.807) is 0 Å². The third kappa shape index (κ3) is 7.20. The van der Waals surface area contributed by atoms with Gasteiger partial charge in [0.2, 0.25) is 0 Å². The monoisotopic (exact) mass is 1110 g/mol. The highest BCUT2D eigenvalue weighted by atomic mass is 27.2. The van der Waals surface area contributed by atoms with Crippen LogP contribution in [0, 0.1) is 0 Å². The lowest BCUT2D eigenvalue weighted by Gasteiger charge is -2.39. The molecule has 6 nitrogen and oxygen atoms in total. The summed E-state index contributed by atoms with van der Waals surface area (Å²) in [5, 5.41) is 9.89. The fraction of sp³-hybridized carbons (Fsp3) is 0.0127. The van der Waals surface area contributed by atoms with Crippen molar-refractivity contribution in [3.63, 3.8) is 0 Å². The summed E-state index contributed by atoms with van der Waals surface area (Å²) in [6.07, 6.45) is 0. The van der Waals surface area contributed by atoms with Crippen LogP contribution < -0.4 is 23.1 Å². The molecule has 4 aromatic heterocycles. The first-order valence-electron chi connectivity index (χ1n) is 29.7. The average Bonchev–Trinajstić information content (AvgIpc) is 1.57. The molecule has 0 bridgehead atoms. The third-order valence-electron chi connectivity index (χ3n) is 18.4. The molecule has 13 aromatic carbocycles. The molecule has 17 aromatic rings. The van der Waals surface area contributed by atoms with Gasteiger partial charge in [-0.2, -0.15) is 0 Å².